The van der Waals surface area contributed by atoms with Crippen molar-refractivity contribution >= 4 is 5.97 Å². The molecule has 0 spiro atoms. The highest BCUT2D eigenvalue weighted by atomic mass is 16.5. The molecule has 21 heavy (non-hydrogen) atoms. The highest BCUT2D eigenvalue weighted by molar-refractivity contribution is 5.88. The number of esters is 1. The van der Waals surface area contributed by atoms with Crippen LogP contribution in [0.15, 0.2) is 12.4 Å². The minimum atomic E-state index is -0.306. The van der Waals surface area contributed by atoms with E-state index < -0.39 is 0 Å². The minimum Gasteiger partial charge on any atom is -0.462 e. The number of unbranched alkanes of at least 4 members (excludes halogenated alkanes) is 1. The van der Waals surface area contributed by atoms with Gasteiger partial charge in [0.1, 0.15) is 0 Å². The summed E-state index contributed by atoms with van der Waals surface area (Å²) >= 11 is 0. The fourth-order valence-corrected chi connectivity index (χ4v) is 2.75. The van der Waals surface area contributed by atoms with Crippen LogP contribution in [-0.2, 0) is 4.74 Å². The van der Waals surface area contributed by atoms with Gasteiger partial charge in [-0.2, -0.15) is 5.10 Å². The van der Waals surface area contributed by atoms with E-state index in [4.69, 9.17) is 9.84 Å². The molecule has 0 aliphatic carbocycles. The Morgan fingerprint density at radius 2 is 2.38 bits per heavy atom. The van der Waals surface area contributed by atoms with Gasteiger partial charge >= 0.3 is 5.97 Å². The predicted molar refractivity (Wildman–Crippen MR) is 79.2 cm³/mol. The van der Waals surface area contributed by atoms with Crippen molar-refractivity contribution < 1.29 is 14.6 Å². The molecule has 1 aromatic rings. The monoisotopic (exact) mass is 295 g/mol. The SMILES string of the molecule is CCOC(=O)c1cnn(C2CCCN(CCCCO)C2)c1. The largest absolute Gasteiger partial charge is 0.462 e. The molecule has 2 rings (SSSR count). The fourth-order valence-electron chi connectivity index (χ4n) is 2.75. The Hall–Kier alpha value is -1.40. The molecule has 1 unspecified atom stereocenters. The molecule has 0 bridgehead atoms. The molecule has 0 saturated carbocycles. The molecule has 6 heteroatoms. The molecular formula is C15H25N3O3. The molecule has 1 aliphatic rings. The Morgan fingerprint density at radius 3 is 3.14 bits per heavy atom. The molecule has 118 valence electrons. The normalized spacial score (nSPS) is 19.6. The van der Waals surface area contributed by atoms with Crippen molar-refractivity contribution in [3.8, 4) is 0 Å². The smallest absolute Gasteiger partial charge is 0.341 e. The summed E-state index contributed by atoms with van der Waals surface area (Å²) < 4.78 is 6.88. The molecule has 6 nitrogen and oxygen atoms in total. The number of hydrogen-bond donors (Lipinski definition) is 1. The first kappa shape index (κ1) is 16.0. The topological polar surface area (TPSA) is 67.6 Å². The zero-order chi connectivity index (χ0) is 15.1. The maximum atomic E-state index is 11.7. The van der Waals surface area contributed by atoms with E-state index in [1.54, 1.807) is 19.3 Å². The summed E-state index contributed by atoms with van der Waals surface area (Å²) in [5, 5.41) is 13.2. The van der Waals surface area contributed by atoms with Crippen LogP contribution in [0.5, 0.6) is 0 Å². The van der Waals surface area contributed by atoms with Crippen LogP contribution in [0.3, 0.4) is 0 Å². The summed E-state index contributed by atoms with van der Waals surface area (Å²) in [6.07, 6.45) is 7.48. The number of carbonyl (C=O) groups is 1. The molecule has 1 atom stereocenters. The van der Waals surface area contributed by atoms with E-state index in [-0.39, 0.29) is 12.6 Å². The Balaban J connectivity index is 1.90. The molecule has 1 saturated heterocycles. The quantitative estimate of drug-likeness (QED) is 0.609. The second-order valence-corrected chi connectivity index (χ2v) is 5.46. The molecule has 2 heterocycles. The maximum absolute atomic E-state index is 11.7. The van der Waals surface area contributed by atoms with Gasteiger partial charge in [-0.25, -0.2) is 4.79 Å². The van der Waals surface area contributed by atoms with Crippen molar-refractivity contribution in [1.82, 2.24) is 14.7 Å². The van der Waals surface area contributed by atoms with Crippen LogP contribution >= 0.6 is 0 Å². The van der Waals surface area contributed by atoms with Crippen LogP contribution in [0.25, 0.3) is 0 Å². The number of carbonyl (C=O) groups excluding carboxylic acids is 1. The summed E-state index contributed by atoms with van der Waals surface area (Å²) in [7, 11) is 0. The van der Waals surface area contributed by atoms with Gasteiger partial charge in [0.05, 0.1) is 24.4 Å². The van der Waals surface area contributed by atoms with Gasteiger partial charge in [-0.15, -0.1) is 0 Å². The van der Waals surface area contributed by atoms with Crippen molar-refractivity contribution in [1.29, 1.82) is 0 Å². The number of hydrogen-bond acceptors (Lipinski definition) is 5. The van der Waals surface area contributed by atoms with E-state index in [1.165, 1.54) is 0 Å². The van der Waals surface area contributed by atoms with Gasteiger partial charge in [0.2, 0.25) is 0 Å². The summed E-state index contributed by atoms with van der Waals surface area (Å²) in [4.78, 5) is 14.1. The summed E-state index contributed by atoms with van der Waals surface area (Å²) in [5.41, 5.74) is 0.522. The zero-order valence-corrected chi connectivity index (χ0v) is 12.7. The van der Waals surface area contributed by atoms with Crippen molar-refractivity contribution in [3.63, 3.8) is 0 Å². The Kier molecular flexibility index (Phi) is 6.20. The first-order chi connectivity index (χ1) is 10.2. The number of likely N-dealkylation sites (tertiary alicyclic amines) is 1. The van der Waals surface area contributed by atoms with E-state index in [2.05, 4.69) is 10.00 Å². The number of nitrogens with zero attached hydrogens (tertiary/aromatic N) is 3. The second-order valence-electron chi connectivity index (χ2n) is 5.46. The van der Waals surface area contributed by atoms with Crippen molar-refractivity contribution in [2.75, 3.05) is 32.8 Å². The first-order valence-corrected chi connectivity index (χ1v) is 7.79. The molecule has 0 radical (unpaired) electrons. The van der Waals surface area contributed by atoms with Gasteiger partial charge in [0.15, 0.2) is 0 Å². The van der Waals surface area contributed by atoms with E-state index >= 15 is 0 Å². The summed E-state index contributed by atoms with van der Waals surface area (Å²) in [6.45, 7) is 5.52. The van der Waals surface area contributed by atoms with Crippen LogP contribution in [0.2, 0.25) is 0 Å². The molecule has 0 aromatic carbocycles. The lowest BCUT2D eigenvalue weighted by atomic mass is 10.1. The van der Waals surface area contributed by atoms with Crippen LogP contribution in [0, 0.1) is 0 Å². The minimum absolute atomic E-state index is 0.263. The number of ether oxygens (including phenoxy) is 1. The van der Waals surface area contributed by atoms with Crippen molar-refractivity contribution in [2.45, 2.75) is 38.6 Å². The standard InChI is InChI=1S/C15H25N3O3/c1-2-21-15(20)13-10-16-18(11-13)14-6-5-8-17(12-14)7-3-4-9-19/h10-11,14,19H,2-9,12H2,1H3. The average Bonchev–Trinajstić information content (AvgIpc) is 2.98. The molecule has 0 amide bonds. The third-order valence-electron chi connectivity index (χ3n) is 3.85. The third kappa shape index (κ3) is 4.54. The van der Waals surface area contributed by atoms with Crippen LogP contribution in [0.4, 0.5) is 0 Å². The average molecular weight is 295 g/mol. The second kappa shape index (κ2) is 8.14. The molecule has 1 aliphatic heterocycles. The van der Waals surface area contributed by atoms with E-state index in [1.807, 2.05) is 4.68 Å². The highest BCUT2D eigenvalue weighted by Gasteiger charge is 2.22. The Morgan fingerprint density at radius 1 is 1.52 bits per heavy atom. The van der Waals surface area contributed by atoms with Crippen LogP contribution < -0.4 is 0 Å². The van der Waals surface area contributed by atoms with Gasteiger partial charge in [-0.1, -0.05) is 0 Å². The zero-order valence-electron chi connectivity index (χ0n) is 12.7. The van der Waals surface area contributed by atoms with Crippen molar-refractivity contribution in [2.24, 2.45) is 0 Å². The molecule has 1 N–H and O–H groups in total. The lowest BCUT2D eigenvalue weighted by Crippen LogP contribution is -2.37. The van der Waals surface area contributed by atoms with Crippen LogP contribution in [0.1, 0.15) is 49.0 Å². The Labute approximate surface area is 125 Å². The number of aliphatic hydroxyl groups excluding tert-OH is 1. The van der Waals surface area contributed by atoms with Gasteiger partial charge in [0, 0.05) is 19.3 Å². The van der Waals surface area contributed by atoms with Gasteiger partial charge < -0.3 is 14.7 Å². The maximum Gasteiger partial charge on any atom is 0.341 e. The number of aromatic nitrogens is 2. The van der Waals surface area contributed by atoms with E-state index in [0.717, 1.165) is 45.3 Å². The molecular weight excluding hydrogens is 270 g/mol. The molecule has 1 fully saturated rings. The highest BCUT2D eigenvalue weighted by Crippen LogP contribution is 2.21. The Bertz CT molecular complexity index is 447. The number of rotatable bonds is 7. The lowest BCUT2D eigenvalue weighted by Gasteiger charge is -2.32. The lowest BCUT2D eigenvalue weighted by molar-refractivity contribution is 0.0526. The van der Waals surface area contributed by atoms with Gasteiger partial charge in [0.25, 0.3) is 0 Å². The van der Waals surface area contributed by atoms with Gasteiger partial charge in [-0.05, 0) is 45.7 Å². The predicted octanol–water partition coefficient (Wildman–Crippen LogP) is 1.47. The van der Waals surface area contributed by atoms with E-state index in [0.29, 0.717) is 18.2 Å². The molecule has 1 aromatic heterocycles. The number of piperidine rings is 1. The summed E-state index contributed by atoms with van der Waals surface area (Å²) in [6, 6.07) is 0.316. The third-order valence-corrected chi connectivity index (χ3v) is 3.85. The fraction of sp³-hybridized carbons (Fsp3) is 0.733. The van der Waals surface area contributed by atoms with E-state index in [9.17, 15) is 4.79 Å². The van der Waals surface area contributed by atoms with Crippen LogP contribution in [-0.4, -0.2) is 58.6 Å². The summed E-state index contributed by atoms with van der Waals surface area (Å²) in [5.74, 6) is -0.306. The van der Waals surface area contributed by atoms with Gasteiger partial charge in [-0.3, -0.25) is 4.68 Å². The number of aliphatic hydroxyl groups is 1. The van der Waals surface area contributed by atoms with Crippen molar-refractivity contribution in [3.05, 3.63) is 18.0 Å². The first-order valence-electron chi connectivity index (χ1n) is 7.79.